The van der Waals surface area contributed by atoms with Gasteiger partial charge in [0.05, 0.1) is 17.1 Å². The van der Waals surface area contributed by atoms with E-state index >= 15 is 0 Å². The summed E-state index contributed by atoms with van der Waals surface area (Å²) in [5.74, 6) is 1.70. The Morgan fingerprint density at radius 3 is 3.07 bits per heavy atom. The molecule has 2 rings (SSSR count). The van der Waals surface area contributed by atoms with Crippen LogP contribution >= 0.6 is 11.8 Å². The highest BCUT2D eigenvalue weighted by Crippen LogP contribution is 2.26. The van der Waals surface area contributed by atoms with Gasteiger partial charge in [0.15, 0.2) is 0 Å². The van der Waals surface area contributed by atoms with Crippen LogP contribution in [0.25, 0.3) is 0 Å². The number of rotatable bonds is 2. The molecule has 15 heavy (non-hydrogen) atoms. The van der Waals surface area contributed by atoms with Crippen LogP contribution in [0.15, 0.2) is 18.3 Å². The summed E-state index contributed by atoms with van der Waals surface area (Å²) in [6.07, 6.45) is 3.63. The molecule has 1 saturated heterocycles. The highest BCUT2D eigenvalue weighted by atomic mass is 32.2. The van der Waals surface area contributed by atoms with Gasteiger partial charge in [-0.2, -0.15) is 0 Å². The largest absolute Gasteiger partial charge is 0.397 e. The van der Waals surface area contributed by atoms with E-state index in [0.29, 0.717) is 11.5 Å². The Balaban J connectivity index is 1.96. The van der Waals surface area contributed by atoms with Crippen LogP contribution in [0.2, 0.25) is 0 Å². The minimum atomic E-state index is 0.0507. The van der Waals surface area contributed by atoms with Gasteiger partial charge in [-0.05, 0) is 30.7 Å². The van der Waals surface area contributed by atoms with E-state index in [1.165, 1.54) is 6.20 Å². The number of nitrogen functional groups attached to an aromatic ring is 1. The minimum absolute atomic E-state index is 0.0507. The second-order valence-electron chi connectivity index (χ2n) is 3.47. The smallest absolute Gasteiger partial charge is 0.238 e. The fourth-order valence-corrected chi connectivity index (χ4v) is 2.63. The number of anilines is 2. The van der Waals surface area contributed by atoms with E-state index in [1.54, 1.807) is 23.9 Å². The lowest BCUT2D eigenvalue weighted by Crippen LogP contribution is -2.23. The number of pyridine rings is 1. The molecule has 0 aliphatic carbocycles. The third-order valence-electron chi connectivity index (χ3n) is 2.26. The van der Waals surface area contributed by atoms with Gasteiger partial charge in [0, 0.05) is 0 Å². The molecule has 3 N–H and O–H groups in total. The molecule has 1 aliphatic rings. The first kappa shape index (κ1) is 10.3. The number of amides is 1. The zero-order chi connectivity index (χ0) is 10.7. The number of nitrogens with zero attached hydrogens (tertiary/aromatic N) is 1. The Morgan fingerprint density at radius 1 is 1.60 bits per heavy atom. The van der Waals surface area contributed by atoms with Crippen molar-refractivity contribution in [1.29, 1.82) is 0 Å². The highest BCUT2D eigenvalue weighted by Gasteiger charge is 2.23. The molecule has 1 unspecified atom stereocenters. The van der Waals surface area contributed by atoms with Crippen LogP contribution in [0.5, 0.6) is 0 Å². The fourth-order valence-electron chi connectivity index (χ4n) is 1.47. The molecule has 0 aromatic carbocycles. The first-order valence-corrected chi connectivity index (χ1v) is 5.94. The zero-order valence-electron chi connectivity index (χ0n) is 8.27. The lowest BCUT2D eigenvalue weighted by molar-refractivity contribution is -0.115. The molecule has 1 fully saturated rings. The van der Waals surface area contributed by atoms with Crippen molar-refractivity contribution in [2.24, 2.45) is 0 Å². The van der Waals surface area contributed by atoms with Crippen molar-refractivity contribution < 1.29 is 4.79 Å². The third-order valence-corrected chi connectivity index (χ3v) is 3.64. The van der Waals surface area contributed by atoms with Gasteiger partial charge in [-0.3, -0.25) is 4.79 Å². The van der Waals surface area contributed by atoms with Crippen LogP contribution in [0.4, 0.5) is 11.5 Å². The number of carbonyl (C=O) groups is 1. The van der Waals surface area contributed by atoms with E-state index in [9.17, 15) is 4.79 Å². The van der Waals surface area contributed by atoms with E-state index in [1.807, 2.05) is 0 Å². The maximum atomic E-state index is 11.7. The van der Waals surface area contributed by atoms with Crippen LogP contribution in [0.1, 0.15) is 12.8 Å². The summed E-state index contributed by atoms with van der Waals surface area (Å²) >= 11 is 1.71. The molecular weight excluding hydrogens is 210 g/mol. The summed E-state index contributed by atoms with van der Waals surface area (Å²) in [6, 6.07) is 3.44. The lowest BCUT2D eigenvalue weighted by atomic mass is 10.2. The van der Waals surface area contributed by atoms with Gasteiger partial charge in [-0.15, -0.1) is 11.8 Å². The van der Waals surface area contributed by atoms with Gasteiger partial charge in [0.2, 0.25) is 5.91 Å². The molecule has 1 atom stereocenters. The predicted molar refractivity (Wildman–Crippen MR) is 62.8 cm³/mol. The van der Waals surface area contributed by atoms with Crippen molar-refractivity contribution >= 4 is 29.2 Å². The van der Waals surface area contributed by atoms with Gasteiger partial charge in [-0.25, -0.2) is 4.98 Å². The van der Waals surface area contributed by atoms with Gasteiger partial charge >= 0.3 is 0 Å². The highest BCUT2D eigenvalue weighted by molar-refractivity contribution is 8.00. The van der Waals surface area contributed by atoms with Gasteiger partial charge in [0.1, 0.15) is 5.82 Å². The van der Waals surface area contributed by atoms with Crippen LogP contribution in [-0.2, 0) is 4.79 Å². The molecule has 4 nitrogen and oxygen atoms in total. The monoisotopic (exact) mass is 223 g/mol. The number of carbonyl (C=O) groups excluding carboxylic acids is 1. The van der Waals surface area contributed by atoms with E-state index in [2.05, 4.69) is 10.3 Å². The number of thioether (sulfide) groups is 1. The predicted octanol–water partition coefficient (Wildman–Crippen LogP) is 1.50. The van der Waals surface area contributed by atoms with Crippen LogP contribution in [-0.4, -0.2) is 21.9 Å². The van der Waals surface area contributed by atoms with Gasteiger partial charge < -0.3 is 11.1 Å². The molecule has 80 valence electrons. The SMILES string of the molecule is Nc1ccc(NC(=O)C2CCCS2)nc1. The van der Waals surface area contributed by atoms with Crippen molar-refractivity contribution in [3.05, 3.63) is 18.3 Å². The standard InChI is InChI=1S/C10H13N3OS/c11-7-3-4-9(12-6-7)13-10(14)8-2-1-5-15-8/h3-4,6,8H,1-2,5,11H2,(H,12,13,14). The first-order valence-electron chi connectivity index (χ1n) is 4.90. The van der Waals surface area contributed by atoms with Crippen molar-refractivity contribution in [3.63, 3.8) is 0 Å². The molecule has 0 bridgehead atoms. The van der Waals surface area contributed by atoms with Crippen molar-refractivity contribution in [2.75, 3.05) is 16.8 Å². The molecule has 1 amide bonds. The Labute approximate surface area is 92.6 Å². The Kier molecular flexibility index (Phi) is 3.11. The Bertz CT molecular complexity index is 346. The molecule has 0 saturated carbocycles. The minimum Gasteiger partial charge on any atom is -0.397 e. The molecule has 0 radical (unpaired) electrons. The summed E-state index contributed by atoms with van der Waals surface area (Å²) < 4.78 is 0. The van der Waals surface area contributed by atoms with Crippen molar-refractivity contribution in [1.82, 2.24) is 4.98 Å². The summed E-state index contributed by atoms with van der Waals surface area (Å²) in [6.45, 7) is 0. The summed E-state index contributed by atoms with van der Waals surface area (Å²) in [5.41, 5.74) is 6.10. The topological polar surface area (TPSA) is 68.0 Å². The maximum Gasteiger partial charge on any atom is 0.238 e. The summed E-state index contributed by atoms with van der Waals surface area (Å²) in [4.78, 5) is 15.7. The summed E-state index contributed by atoms with van der Waals surface area (Å²) in [7, 11) is 0. The zero-order valence-corrected chi connectivity index (χ0v) is 9.09. The van der Waals surface area contributed by atoms with Crippen LogP contribution in [0, 0.1) is 0 Å². The van der Waals surface area contributed by atoms with E-state index in [-0.39, 0.29) is 11.2 Å². The van der Waals surface area contributed by atoms with E-state index < -0.39 is 0 Å². The lowest BCUT2D eigenvalue weighted by Gasteiger charge is -2.08. The molecule has 5 heteroatoms. The van der Waals surface area contributed by atoms with Gasteiger partial charge in [-0.1, -0.05) is 0 Å². The molecule has 1 aliphatic heterocycles. The fraction of sp³-hybridized carbons (Fsp3) is 0.400. The average Bonchev–Trinajstić information content (AvgIpc) is 2.74. The molecule has 2 heterocycles. The Hall–Kier alpha value is -1.23. The molecule has 1 aromatic heterocycles. The summed E-state index contributed by atoms with van der Waals surface area (Å²) in [5, 5.41) is 2.87. The number of nitrogens with one attached hydrogen (secondary N) is 1. The van der Waals surface area contributed by atoms with E-state index in [0.717, 1.165) is 18.6 Å². The third kappa shape index (κ3) is 2.62. The quantitative estimate of drug-likeness (QED) is 0.797. The maximum absolute atomic E-state index is 11.7. The van der Waals surface area contributed by atoms with Crippen molar-refractivity contribution in [2.45, 2.75) is 18.1 Å². The normalized spacial score (nSPS) is 20.1. The second kappa shape index (κ2) is 4.53. The average molecular weight is 223 g/mol. The number of aromatic nitrogens is 1. The molecule has 1 aromatic rings. The van der Waals surface area contributed by atoms with Crippen LogP contribution in [0.3, 0.4) is 0 Å². The molecule has 0 spiro atoms. The van der Waals surface area contributed by atoms with Gasteiger partial charge in [0.25, 0.3) is 0 Å². The first-order chi connectivity index (χ1) is 7.25. The van der Waals surface area contributed by atoms with Crippen molar-refractivity contribution in [3.8, 4) is 0 Å². The molecular formula is C10H13N3OS. The second-order valence-corrected chi connectivity index (χ2v) is 4.78. The number of hydrogen-bond donors (Lipinski definition) is 2. The Morgan fingerprint density at radius 2 is 2.47 bits per heavy atom. The number of hydrogen-bond acceptors (Lipinski definition) is 4. The van der Waals surface area contributed by atoms with Crippen LogP contribution < -0.4 is 11.1 Å². The van der Waals surface area contributed by atoms with E-state index in [4.69, 9.17) is 5.73 Å². The number of nitrogens with two attached hydrogens (primary N) is 1.